The molecular formula is C23H30N4O. The zero-order chi connectivity index (χ0) is 19.1. The maximum Gasteiger partial charge on any atom is 0.223 e. The molecule has 1 unspecified atom stereocenters. The summed E-state index contributed by atoms with van der Waals surface area (Å²) < 4.78 is 6.05. The predicted molar refractivity (Wildman–Crippen MR) is 110 cm³/mol. The number of nitrogens with zero attached hydrogens (tertiary/aromatic N) is 3. The zero-order valence-electron chi connectivity index (χ0n) is 17.0. The summed E-state index contributed by atoms with van der Waals surface area (Å²) in [7, 11) is 0. The van der Waals surface area contributed by atoms with E-state index in [4.69, 9.17) is 14.7 Å². The van der Waals surface area contributed by atoms with Gasteiger partial charge in [-0.1, -0.05) is 29.8 Å². The van der Waals surface area contributed by atoms with Crippen molar-refractivity contribution >= 4 is 5.95 Å². The van der Waals surface area contributed by atoms with E-state index in [0.717, 1.165) is 56.8 Å². The van der Waals surface area contributed by atoms with Gasteiger partial charge in [0, 0.05) is 30.9 Å². The van der Waals surface area contributed by atoms with Crippen molar-refractivity contribution in [3.63, 3.8) is 0 Å². The number of anilines is 1. The number of ether oxygens (including phenoxy) is 1. The van der Waals surface area contributed by atoms with Crippen LogP contribution in [0, 0.1) is 19.8 Å². The first-order chi connectivity index (χ1) is 13.6. The Bertz CT molecular complexity index is 862. The molecule has 0 bridgehead atoms. The fraction of sp³-hybridized carbons (Fsp3) is 0.565. The standard InChI is InChI=1S/C23H30N4O/c1-16-3-5-19(6-4-16)12-27-10-9-23(14-27)15-28-13-20-17(2)25-22(26-21(20)23)24-11-18-7-8-18/h3-6,18H,7-15H2,1-2H3,(H,24,25,26). The van der Waals surface area contributed by atoms with Gasteiger partial charge >= 0.3 is 0 Å². The molecule has 1 spiro atoms. The van der Waals surface area contributed by atoms with Gasteiger partial charge in [-0.05, 0) is 51.1 Å². The van der Waals surface area contributed by atoms with E-state index in [-0.39, 0.29) is 5.41 Å². The monoisotopic (exact) mass is 378 g/mol. The molecule has 2 fully saturated rings. The first kappa shape index (κ1) is 18.1. The molecular weight excluding hydrogens is 348 g/mol. The van der Waals surface area contributed by atoms with Crippen molar-refractivity contribution < 1.29 is 4.74 Å². The van der Waals surface area contributed by atoms with Crippen molar-refractivity contribution in [2.75, 3.05) is 31.6 Å². The van der Waals surface area contributed by atoms with Crippen LogP contribution in [0.5, 0.6) is 0 Å². The molecule has 5 heteroatoms. The van der Waals surface area contributed by atoms with E-state index in [9.17, 15) is 0 Å². The average Bonchev–Trinajstić information content (AvgIpc) is 3.44. The molecule has 1 N–H and O–H groups in total. The molecule has 2 aromatic rings. The second-order valence-electron chi connectivity index (χ2n) is 9.00. The van der Waals surface area contributed by atoms with Crippen LogP contribution in [0.4, 0.5) is 5.95 Å². The Hall–Kier alpha value is -1.98. The van der Waals surface area contributed by atoms with Gasteiger partial charge in [0.1, 0.15) is 0 Å². The van der Waals surface area contributed by atoms with Crippen LogP contribution in [-0.2, 0) is 23.3 Å². The summed E-state index contributed by atoms with van der Waals surface area (Å²) in [6.45, 7) is 9.74. The number of hydrogen-bond donors (Lipinski definition) is 1. The number of nitrogens with one attached hydrogen (secondary N) is 1. The Balaban J connectivity index is 1.37. The average molecular weight is 379 g/mol. The van der Waals surface area contributed by atoms with Crippen molar-refractivity contribution in [2.24, 2.45) is 5.92 Å². The highest BCUT2D eigenvalue weighted by Crippen LogP contribution is 2.40. The highest BCUT2D eigenvalue weighted by Gasteiger charge is 2.45. The van der Waals surface area contributed by atoms with Crippen LogP contribution >= 0.6 is 0 Å². The van der Waals surface area contributed by atoms with E-state index in [0.29, 0.717) is 6.61 Å². The molecule has 1 aromatic carbocycles. The minimum atomic E-state index is 0.00198. The lowest BCUT2D eigenvalue weighted by Crippen LogP contribution is -2.41. The van der Waals surface area contributed by atoms with Gasteiger partial charge in [-0.15, -0.1) is 0 Å². The quantitative estimate of drug-likeness (QED) is 0.862. The molecule has 148 valence electrons. The lowest BCUT2D eigenvalue weighted by Gasteiger charge is -2.35. The second kappa shape index (κ2) is 7.12. The highest BCUT2D eigenvalue weighted by atomic mass is 16.5. The van der Waals surface area contributed by atoms with E-state index < -0.39 is 0 Å². The molecule has 3 heterocycles. The summed E-state index contributed by atoms with van der Waals surface area (Å²) in [5.41, 5.74) is 6.21. The van der Waals surface area contributed by atoms with Crippen LogP contribution in [0.15, 0.2) is 24.3 Å². The minimum Gasteiger partial charge on any atom is -0.376 e. The molecule has 1 atom stereocenters. The Morgan fingerprint density at radius 3 is 2.79 bits per heavy atom. The molecule has 0 radical (unpaired) electrons. The molecule has 1 saturated carbocycles. The first-order valence-electron chi connectivity index (χ1n) is 10.6. The lowest BCUT2D eigenvalue weighted by atomic mass is 9.80. The minimum absolute atomic E-state index is 0.00198. The third-order valence-corrected chi connectivity index (χ3v) is 6.55. The van der Waals surface area contributed by atoms with E-state index in [1.54, 1.807) is 0 Å². The van der Waals surface area contributed by atoms with Crippen molar-refractivity contribution in [3.05, 3.63) is 52.3 Å². The second-order valence-corrected chi connectivity index (χ2v) is 9.00. The maximum atomic E-state index is 6.05. The Kier molecular flexibility index (Phi) is 4.60. The number of aryl methyl sites for hydroxylation is 2. The van der Waals surface area contributed by atoms with E-state index in [1.807, 2.05) is 0 Å². The maximum absolute atomic E-state index is 6.05. The van der Waals surface area contributed by atoms with E-state index in [1.165, 1.54) is 35.2 Å². The third-order valence-electron chi connectivity index (χ3n) is 6.55. The van der Waals surface area contributed by atoms with Gasteiger partial charge in [0.25, 0.3) is 0 Å². The topological polar surface area (TPSA) is 50.3 Å². The normalized spacial score (nSPS) is 24.5. The smallest absolute Gasteiger partial charge is 0.223 e. The summed E-state index contributed by atoms with van der Waals surface area (Å²) >= 11 is 0. The highest BCUT2D eigenvalue weighted by molar-refractivity contribution is 5.40. The van der Waals surface area contributed by atoms with Crippen LogP contribution in [0.1, 0.15) is 47.3 Å². The van der Waals surface area contributed by atoms with Crippen LogP contribution < -0.4 is 5.32 Å². The number of likely N-dealkylation sites (tertiary alicyclic amines) is 1. The van der Waals surface area contributed by atoms with Gasteiger partial charge in [-0.2, -0.15) is 0 Å². The molecule has 5 nitrogen and oxygen atoms in total. The van der Waals surface area contributed by atoms with Crippen LogP contribution in [0.25, 0.3) is 0 Å². The summed E-state index contributed by atoms with van der Waals surface area (Å²) in [5, 5.41) is 3.48. The largest absolute Gasteiger partial charge is 0.376 e. The predicted octanol–water partition coefficient (Wildman–Crippen LogP) is 3.59. The molecule has 1 aliphatic carbocycles. The molecule has 1 aromatic heterocycles. The van der Waals surface area contributed by atoms with Gasteiger partial charge in [-0.3, -0.25) is 4.90 Å². The SMILES string of the molecule is Cc1ccc(CN2CCC3(COCc4c(C)nc(NCC5CC5)nc43)C2)cc1. The molecule has 0 amide bonds. The Morgan fingerprint density at radius 2 is 2.00 bits per heavy atom. The molecule has 2 aliphatic heterocycles. The summed E-state index contributed by atoms with van der Waals surface area (Å²) in [5.74, 6) is 1.62. The number of hydrogen-bond acceptors (Lipinski definition) is 5. The number of rotatable bonds is 5. The lowest BCUT2D eigenvalue weighted by molar-refractivity contribution is 0.0498. The summed E-state index contributed by atoms with van der Waals surface area (Å²) in [6, 6.07) is 8.90. The zero-order valence-corrected chi connectivity index (χ0v) is 17.0. The van der Waals surface area contributed by atoms with Gasteiger partial charge < -0.3 is 10.1 Å². The summed E-state index contributed by atoms with van der Waals surface area (Å²) in [6.07, 6.45) is 3.77. The van der Waals surface area contributed by atoms with Crippen molar-refractivity contribution in [1.82, 2.24) is 14.9 Å². The first-order valence-corrected chi connectivity index (χ1v) is 10.6. The Labute approximate surface area is 167 Å². The Morgan fingerprint density at radius 1 is 1.18 bits per heavy atom. The summed E-state index contributed by atoms with van der Waals surface area (Å²) in [4.78, 5) is 12.3. The molecule has 28 heavy (non-hydrogen) atoms. The van der Waals surface area contributed by atoms with Gasteiger partial charge in [0.05, 0.1) is 24.3 Å². The van der Waals surface area contributed by atoms with Gasteiger partial charge in [0.2, 0.25) is 5.95 Å². The van der Waals surface area contributed by atoms with Crippen LogP contribution in [-0.4, -0.2) is 41.1 Å². The molecule has 5 rings (SSSR count). The number of benzene rings is 1. The fourth-order valence-corrected chi connectivity index (χ4v) is 4.62. The number of aromatic nitrogens is 2. The molecule has 1 saturated heterocycles. The van der Waals surface area contributed by atoms with E-state index in [2.05, 4.69) is 48.3 Å². The molecule has 3 aliphatic rings. The van der Waals surface area contributed by atoms with Crippen LogP contribution in [0.2, 0.25) is 0 Å². The van der Waals surface area contributed by atoms with E-state index >= 15 is 0 Å². The van der Waals surface area contributed by atoms with Gasteiger partial charge in [-0.25, -0.2) is 9.97 Å². The third kappa shape index (κ3) is 3.53. The van der Waals surface area contributed by atoms with Crippen molar-refractivity contribution in [1.29, 1.82) is 0 Å². The van der Waals surface area contributed by atoms with Crippen LogP contribution in [0.3, 0.4) is 0 Å². The van der Waals surface area contributed by atoms with Gasteiger partial charge in [0.15, 0.2) is 0 Å². The number of fused-ring (bicyclic) bond motifs is 2. The van der Waals surface area contributed by atoms with Crippen molar-refractivity contribution in [3.8, 4) is 0 Å². The van der Waals surface area contributed by atoms with Crippen molar-refractivity contribution in [2.45, 2.75) is 51.7 Å². The fourth-order valence-electron chi connectivity index (χ4n) is 4.62.